The summed E-state index contributed by atoms with van der Waals surface area (Å²) in [5.74, 6) is 1.01. The van der Waals surface area contributed by atoms with Crippen LogP contribution in [-0.2, 0) is 23.2 Å². The highest BCUT2D eigenvalue weighted by Gasteiger charge is 2.27. The zero-order chi connectivity index (χ0) is 15.5. The maximum Gasteiger partial charge on any atom is 0.226 e. The number of nitrogens with one attached hydrogen (secondary N) is 1. The molecule has 0 bridgehead atoms. The van der Waals surface area contributed by atoms with Crippen molar-refractivity contribution < 1.29 is 14.3 Å². The molecule has 0 aliphatic carbocycles. The molecule has 6 heteroatoms. The van der Waals surface area contributed by atoms with Gasteiger partial charge in [0.05, 0.1) is 23.7 Å². The third kappa shape index (κ3) is 4.15. The molecule has 0 saturated heterocycles. The molecule has 2 aromatic rings. The smallest absolute Gasteiger partial charge is 0.226 e. The van der Waals surface area contributed by atoms with E-state index in [1.165, 1.54) is 0 Å². The Labute approximate surface area is 128 Å². The van der Waals surface area contributed by atoms with E-state index in [0.29, 0.717) is 5.76 Å². The van der Waals surface area contributed by atoms with Gasteiger partial charge in [-0.1, -0.05) is 6.92 Å². The van der Waals surface area contributed by atoms with Crippen molar-refractivity contribution in [3.8, 4) is 0 Å². The number of carbonyl (C=O) groups is 1. The molecular formula is C15H20N2O3S. The van der Waals surface area contributed by atoms with Crippen LogP contribution in [0, 0.1) is 6.92 Å². The molecular weight excluding hydrogens is 288 g/mol. The average molecular weight is 308 g/mol. The number of furan rings is 1. The predicted octanol–water partition coefficient (Wildman–Crippen LogP) is 2.17. The minimum Gasteiger partial charge on any atom is -0.463 e. The molecule has 0 spiro atoms. The number of amides is 1. The molecule has 1 atom stereocenters. The molecule has 0 aliphatic rings. The van der Waals surface area contributed by atoms with Crippen molar-refractivity contribution >= 4 is 17.2 Å². The van der Waals surface area contributed by atoms with Crippen LogP contribution in [0.15, 0.2) is 21.9 Å². The Morgan fingerprint density at radius 2 is 2.29 bits per heavy atom. The van der Waals surface area contributed by atoms with Crippen molar-refractivity contribution in [2.24, 2.45) is 0 Å². The van der Waals surface area contributed by atoms with E-state index in [-0.39, 0.29) is 18.9 Å². The highest BCUT2D eigenvalue weighted by atomic mass is 32.1. The highest BCUT2D eigenvalue weighted by molar-refractivity contribution is 7.09. The summed E-state index contributed by atoms with van der Waals surface area (Å²) in [6, 6.07) is 3.50. The summed E-state index contributed by atoms with van der Waals surface area (Å²) in [6.45, 7) is 5.56. The summed E-state index contributed by atoms with van der Waals surface area (Å²) in [5.41, 5.74) is -0.455. The van der Waals surface area contributed by atoms with Gasteiger partial charge in [0.15, 0.2) is 0 Å². The van der Waals surface area contributed by atoms with E-state index in [9.17, 15) is 9.90 Å². The first-order valence-corrected chi connectivity index (χ1v) is 7.78. The van der Waals surface area contributed by atoms with Gasteiger partial charge >= 0.3 is 0 Å². The second kappa shape index (κ2) is 6.41. The van der Waals surface area contributed by atoms with Gasteiger partial charge in [0, 0.05) is 5.38 Å². The van der Waals surface area contributed by atoms with Gasteiger partial charge in [-0.25, -0.2) is 4.98 Å². The standard InChI is InChI=1S/C15H20N2O3S/c1-4-14-17-11(8-21-14)7-13(18)16-9-15(3,19)12-6-5-10(2)20-12/h5-6,8,19H,4,7,9H2,1-3H3,(H,16,18). The Morgan fingerprint density at radius 1 is 1.52 bits per heavy atom. The zero-order valence-electron chi connectivity index (χ0n) is 12.5. The molecule has 1 amide bonds. The van der Waals surface area contributed by atoms with Crippen LogP contribution in [0.5, 0.6) is 0 Å². The monoisotopic (exact) mass is 308 g/mol. The Morgan fingerprint density at radius 3 is 2.86 bits per heavy atom. The average Bonchev–Trinajstić information content (AvgIpc) is 3.06. The van der Waals surface area contributed by atoms with E-state index in [0.717, 1.165) is 22.9 Å². The molecule has 5 nitrogen and oxygen atoms in total. The summed E-state index contributed by atoms with van der Waals surface area (Å²) >= 11 is 1.56. The minimum atomic E-state index is -1.22. The number of carbonyl (C=O) groups excluding carboxylic acids is 1. The normalized spacial score (nSPS) is 13.9. The third-order valence-electron chi connectivity index (χ3n) is 3.14. The Hall–Kier alpha value is -1.66. The fourth-order valence-corrected chi connectivity index (χ4v) is 2.65. The van der Waals surface area contributed by atoms with E-state index in [2.05, 4.69) is 10.3 Å². The van der Waals surface area contributed by atoms with Crippen LogP contribution in [0.25, 0.3) is 0 Å². The summed E-state index contributed by atoms with van der Waals surface area (Å²) in [4.78, 5) is 16.3. The van der Waals surface area contributed by atoms with Crippen LogP contribution in [0.3, 0.4) is 0 Å². The van der Waals surface area contributed by atoms with Crippen molar-refractivity contribution in [1.29, 1.82) is 0 Å². The summed E-state index contributed by atoms with van der Waals surface area (Å²) in [6.07, 6.45) is 1.10. The lowest BCUT2D eigenvalue weighted by molar-refractivity contribution is -0.121. The topological polar surface area (TPSA) is 75.4 Å². The maximum atomic E-state index is 11.9. The Bertz CT molecular complexity index is 616. The Kier molecular flexibility index (Phi) is 4.80. The number of nitrogens with zero attached hydrogens (tertiary/aromatic N) is 1. The van der Waals surface area contributed by atoms with Gasteiger partial charge in [-0.05, 0) is 32.4 Å². The van der Waals surface area contributed by atoms with E-state index in [1.807, 2.05) is 19.2 Å². The van der Waals surface area contributed by atoms with Gasteiger partial charge < -0.3 is 14.8 Å². The predicted molar refractivity (Wildman–Crippen MR) is 81.2 cm³/mol. The first-order valence-electron chi connectivity index (χ1n) is 6.90. The summed E-state index contributed by atoms with van der Waals surface area (Å²) < 4.78 is 5.40. The molecule has 0 fully saturated rings. The van der Waals surface area contributed by atoms with Crippen molar-refractivity contribution in [3.05, 3.63) is 39.7 Å². The molecule has 0 saturated carbocycles. The molecule has 0 aromatic carbocycles. The molecule has 1 unspecified atom stereocenters. The number of aromatic nitrogens is 1. The number of rotatable bonds is 6. The second-order valence-corrected chi connectivity index (χ2v) is 6.17. The van der Waals surface area contributed by atoms with Gasteiger partial charge in [-0.15, -0.1) is 11.3 Å². The lowest BCUT2D eigenvalue weighted by atomic mass is 10.0. The number of hydrogen-bond donors (Lipinski definition) is 2. The fraction of sp³-hybridized carbons (Fsp3) is 0.467. The molecule has 0 aliphatic heterocycles. The van der Waals surface area contributed by atoms with Crippen LogP contribution in [-0.4, -0.2) is 22.5 Å². The lowest BCUT2D eigenvalue weighted by Gasteiger charge is -2.21. The first-order chi connectivity index (χ1) is 9.90. The number of aryl methyl sites for hydroxylation is 2. The van der Waals surface area contributed by atoms with E-state index in [1.54, 1.807) is 30.4 Å². The number of aliphatic hydroxyl groups is 1. The van der Waals surface area contributed by atoms with Gasteiger partial charge in [0.25, 0.3) is 0 Å². The quantitative estimate of drug-likeness (QED) is 0.857. The Balaban J connectivity index is 1.88. The van der Waals surface area contributed by atoms with Crippen molar-refractivity contribution in [2.75, 3.05) is 6.54 Å². The third-order valence-corrected chi connectivity index (χ3v) is 4.19. The van der Waals surface area contributed by atoms with Crippen LogP contribution in [0.4, 0.5) is 0 Å². The fourth-order valence-electron chi connectivity index (χ4n) is 1.90. The highest BCUT2D eigenvalue weighted by Crippen LogP contribution is 2.22. The maximum absolute atomic E-state index is 11.9. The van der Waals surface area contributed by atoms with E-state index in [4.69, 9.17) is 4.42 Å². The largest absolute Gasteiger partial charge is 0.463 e. The van der Waals surface area contributed by atoms with Crippen LogP contribution < -0.4 is 5.32 Å². The molecule has 2 heterocycles. The number of hydrogen-bond acceptors (Lipinski definition) is 5. The molecule has 2 aromatic heterocycles. The first kappa shape index (κ1) is 15.7. The van der Waals surface area contributed by atoms with Crippen LogP contribution >= 0.6 is 11.3 Å². The van der Waals surface area contributed by atoms with Gasteiger partial charge in [0.2, 0.25) is 5.91 Å². The van der Waals surface area contributed by atoms with Crippen molar-refractivity contribution in [2.45, 2.75) is 39.2 Å². The summed E-state index contributed by atoms with van der Waals surface area (Å²) in [7, 11) is 0. The molecule has 21 heavy (non-hydrogen) atoms. The van der Waals surface area contributed by atoms with Gasteiger partial charge in [-0.2, -0.15) is 0 Å². The van der Waals surface area contributed by atoms with Crippen LogP contribution in [0.1, 0.15) is 36.1 Å². The van der Waals surface area contributed by atoms with E-state index >= 15 is 0 Å². The van der Waals surface area contributed by atoms with Crippen molar-refractivity contribution in [3.63, 3.8) is 0 Å². The summed E-state index contributed by atoms with van der Waals surface area (Å²) in [5, 5.41) is 16.0. The minimum absolute atomic E-state index is 0.101. The van der Waals surface area contributed by atoms with Crippen LogP contribution in [0.2, 0.25) is 0 Å². The SMILES string of the molecule is CCc1nc(CC(=O)NCC(C)(O)c2ccc(C)o2)cs1. The molecule has 2 rings (SSSR count). The second-order valence-electron chi connectivity index (χ2n) is 5.22. The van der Waals surface area contributed by atoms with Gasteiger partial charge in [0.1, 0.15) is 17.1 Å². The molecule has 2 N–H and O–H groups in total. The lowest BCUT2D eigenvalue weighted by Crippen LogP contribution is -2.39. The van der Waals surface area contributed by atoms with Crippen molar-refractivity contribution in [1.82, 2.24) is 10.3 Å². The zero-order valence-corrected chi connectivity index (χ0v) is 13.3. The van der Waals surface area contributed by atoms with E-state index < -0.39 is 5.60 Å². The number of thiazole rings is 1. The molecule has 0 radical (unpaired) electrons. The molecule has 114 valence electrons. The van der Waals surface area contributed by atoms with Gasteiger partial charge in [-0.3, -0.25) is 4.79 Å².